The lowest BCUT2D eigenvalue weighted by molar-refractivity contribution is 0.203. The lowest BCUT2D eigenvalue weighted by Gasteiger charge is -2.30. The van der Waals surface area contributed by atoms with Gasteiger partial charge in [0, 0.05) is 25.3 Å². The number of alkyl halides is 1. The van der Waals surface area contributed by atoms with Crippen molar-refractivity contribution in [3.63, 3.8) is 0 Å². The molecule has 1 aromatic heterocycles. The molecular formula is C13H20ClFN2O. The van der Waals surface area contributed by atoms with Gasteiger partial charge in [0.05, 0.1) is 18.7 Å². The Bertz CT molecular complexity index is 376. The number of anilines is 1. The summed E-state index contributed by atoms with van der Waals surface area (Å²) >= 11 is 5.87. The normalized spacial score (nSPS) is 12.5. The zero-order valence-corrected chi connectivity index (χ0v) is 11.9. The van der Waals surface area contributed by atoms with Gasteiger partial charge in [-0.3, -0.25) is 0 Å². The molecule has 0 saturated heterocycles. The smallest absolute Gasteiger partial charge is 0.141 e. The topological polar surface area (TPSA) is 25.4 Å². The number of rotatable bonds is 7. The van der Waals surface area contributed by atoms with E-state index in [4.69, 9.17) is 16.3 Å². The third-order valence-corrected chi connectivity index (χ3v) is 3.27. The van der Waals surface area contributed by atoms with Gasteiger partial charge in [0.25, 0.3) is 0 Å². The highest BCUT2D eigenvalue weighted by Crippen LogP contribution is 2.23. The Kier molecular flexibility index (Phi) is 6.36. The maximum atomic E-state index is 13.2. The highest BCUT2D eigenvalue weighted by atomic mass is 35.5. The quantitative estimate of drug-likeness (QED) is 0.714. The Morgan fingerprint density at radius 3 is 2.83 bits per heavy atom. The van der Waals surface area contributed by atoms with E-state index in [1.165, 1.54) is 12.3 Å². The Morgan fingerprint density at radius 2 is 2.28 bits per heavy atom. The van der Waals surface area contributed by atoms with Gasteiger partial charge in [-0.2, -0.15) is 0 Å². The number of methoxy groups -OCH3 is 1. The fraction of sp³-hybridized carbons (Fsp3) is 0.615. The van der Waals surface area contributed by atoms with Crippen LogP contribution < -0.4 is 4.90 Å². The van der Waals surface area contributed by atoms with Crippen LogP contribution in [0.15, 0.2) is 12.3 Å². The summed E-state index contributed by atoms with van der Waals surface area (Å²) in [6.45, 7) is 5.53. The van der Waals surface area contributed by atoms with E-state index in [-0.39, 0.29) is 11.7 Å². The largest absolute Gasteiger partial charge is 0.383 e. The van der Waals surface area contributed by atoms with Crippen LogP contribution in [0.1, 0.15) is 25.8 Å². The van der Waals surface area contributed by atoms with Crippen LogP contribution in [-0.4, -0.2) is 31.3 Å². The second kappa shape index (κ2) is 7.54. The van der Waals surface area contributed by atoms with Gasteiger partial charge in [-0.15, -0.1) is 11.6 Å². The Labute approximate surface area is 113 Å². The van der Waals surface area contributed by atoms with Crippen LogP contribution in [-0.2, 0) is 10.6 Å². The maximum Gasteiger partial charge on any atom is 0.141 e. The molecule has 0 aliphatic carbocycles. The van der Waals surface area contributed by atoms with Gasteiger partial charge in [0.2, 0.25) is 0 Å². The number of ether oxygens (including phenoxy) is 1. The average molecular weight is 275 g/mol. The fourth-order valence-corrected chi connectivity index (χ4v) is 1.97. The molecule has 0 aliphatic heterocycles. The van der Waals surface area contributed by atoms with Gasteiger partial charge in [-0.05, 0) is 19.4 Å². The predicted molar refractivity (Wildman–Crippen MR) is 72.7 cm³/mol. The molecular weight excluding hydrogens is 255 g/mol. The lowest BCUT2D eigenvalue weighted by atomic mass is 10.2. The third-order valence-electron chi connectivity index (χ3n) is 2.98. The van der Waals surface area contributed by atoms with Gasteiger partial charge in [0.1, 0.15) is 11.6 Å². The van der Waals surface area contributed by atoms with E-state index in [9.17, 15) is 4.39 Å². The van der Waals surface area contributed by atoms with Crippen LogP contribution in [0.5, 0.6) is 0 Å². The second-order valence-corrected chi connectivity index (χ2v) is 4.48. The van der Waals surface area contributed by atoms with E-state index in [0.717, 1.165) is 12.2 Å². The van der Waals surface area contributed by atoms with Gasteiger partial charge in [-0.1, -0.05) is 6.92 Å². The summed E-state index contributed by atoms with van der Waals surface area (Å²) in [5.74, 6) is 0.642. The molecule has 5 heteroatoms. The van der Waals surface area contributed by atoms with Gasteiger partial charge in [-0.25, -0.2) is 9.37 Å². The fourth-order valence-electron chi connectivity index (χ4n) is 1.78. The molecule has 0 bridgehead atoms. The minimum Gasteiger partial charge on any atom is -0.383 e. The molecule has 0 radical (unpaired) electrons. The molecule has 1 heterocycles. The number of hydrogen-bond donors (Lipinski definition) is 0. The summed E-state index contributed by atoms with van der Waals surface area (Å²) in [6.07, 6.45) is 2.21. The zero-order chi connectivity index (χ0) is 13.5. The van der Waals surface area contributed by atoms with Crippen LogP contribution in [0.25, 0.3) is 0 Å². The Morgan fingerprint density at radius 1 is 1.56 bits per heavy atom. The SMILES string of the molecule is CCC(C)N(CCOC)c1ncc(F)cc1CCl. The predicted octanol–water partition coefficient (Wildman–Crippen LogP) is 3.21. The monoisotopic (exact) mass is 274 g/mol. The van der Waals surface area contributed by atoms with Crippen LogP contribution in [0.3, 0.4) is 0 Å². The molecule has 0 saturated carbocycles. The number of pyridine rings is 1. The van der Waals surface area contributed by atoms with Gasteiger partial charge < -0.3 is 9.64 Å². The van der Waals surface area contributed by atoms with E-state index in [1.807, 2.05) is 0 Å². The minimum atomic E-state index is -0.356. The first-order valence-electron chi connectivity index (χ1n) is 6.10. The zero-order valence-electron chi connectivity index (χ0n) is 11.1. The second-order valence-electron chi connectivity index (χ2n) is 4.21. The van der Waals surface area contributed by atoms with Crippen molar-refractivity contribution in [3.8, 4) is 0 Å². The molecule has 18 heavy (non-hydrogen) atoms. The minimum absolute atomic E-state index is 0.250. The van der Waals surface area contributed by atoms with Crippen molar-refractivity contribution in [3.05, 3.63) is 23.6 Å². The summed E-state index contributed by atoms with van der Waals surface area (Å²) < 4.78 is 18.3. The van der Waals surface area contributed by atoms with E-state index in [2.05, 4.69) is 23.7 Å². The molecule has 1 rings (SSSR count). The van der Waals surface area contributed by atoms with Crippen LogP contribution in [0, 0.1) is 5.82 Å². The van der Waals surface area contributed by atoms with Crippen molar-refractivity contribution >= 4 is 17.4 Å². The molecule has 0 aliphatic rings. The van der Waals surface area contributed by atoms with E-state index >= 15 is 0 Å². The van der Waals surface area contributed by atoms with Crippen molar-refractivity contribution in [2.24, 2.45) is 0 Å². The van der Waals surface area contributed by atoms with Crippen molar-refractivity contribution in [1.29, 1.82) is 0 Å². The first-order valence-corrected chi connectivity index (χ1v) is 6.63. The third kappa shape index (κ3) is 3.82. The number of nitrogens with zero attached hydrogens (tertiary/aromatic N) is 2. The first-order chi connectivity index (χ1) is 8.63. The highest BCUT2D eigenvalue weighted by molar-refractivity contribution is 6.17. The summed E-state index contributed by atoms with van der Waals surface area (Å²) in [4.78, 5) is 6.29. The molecule has 0 N–H and O–H groups in total. The highest BCUT2D eigenvalue weighted by Gasteiger charge is 2.17. The molecule has 0 spiro atoms. The number of aromatic nitrogens is 1. The molecule has 1 atom stereocenters. The van der Waals surface area contributed by atoms with E-state index in [1.54, 1.807) is 7.11 Å². The summed E-state index contributed by atoms with van der Waals surface area (Å²) in [6, 6.07) is 1.75. The number of halogens is 2. The molecule has 3 nitrogen and oxygen atoms in total. The molecule has 1 aromatic rings. The molecule has 102 valence electrons. The molecule has 0 fully saturated rings. The lowest BCUT2D eigenvalue weighted by Crippen LogP contribution is -2.36. The Balaban J connectivity index is 3.03. The van der Waals surface area contributed by atoms with Gasteiger partial charge >= 0.3 is 0 Å². The van der Waals surface area contributed by atoms with Crippen molar-refractivity contribution < 1.29 is 9.13 Å². The first kappa shape index (κ1) is 15.2. The molecule has 0 aromatic carbocycles. The van der Waals surface area contributed by atoms with Crippen LogP contribution >= 0.6 is 11.6 Å². The maximum absolute atomic E-state index is 13.2. The standard InChI is InChI=1S/C13H20ClFN2O/c1-4-10(2)17(5-6-18-3)13-11(8-14)7-12(15)9-16-13/h7,9-10H,4-6,8H2,1-3H3. The molecule has 0 amide bonds. The van der Waals surface area contributed by atoms with E-state index < -0.39 is 0 Å². The van der Waals surface area contributed by atoms with Crippen molar-refractivity contribution in [2.45, 2.75) is 32.2 Å². The number of hydrogen-bond acceptors (Lipinski definition) is 3. The summed E-state index contributed by atoms with van der Waals surface area (Å²) in [5.41, 5.74) is 0.716. The summed E-state index contributed by atoms with van der Waals surface area (Å²) in [7, 11) is 1.66. The van der Waals surface area contributed by atoms with Crippen molar-refractivity contribution in [2.75, 3.05) is 25.2 Å². The van der Waals surface area contributed by atoms with Crippen molar-refractivity contribution in [1.82, 2.24) is 4.98 Å². The molecule has 1 unspecified atom stereocenters. The van der Waals surface area contributed by atoms with Crippen LogP contribution in [0.2, 0.25) is 0 Å². The Hall–Kier alpha value is -0.870. The van der Waals surface area contributed by atoms with Gasteiger partial charge in [0.15, 0.2) is 0 Å². The van der Waals surface area contributed by atoms with E-state index in [0.29, 0.717) is 24.8 Å². The average Bonchev–Trinajstić information content (AvgIpc) is 2.39. The van der Waals surface area contributed by atoms with Crippen LogP contribution in [0.4, 0.5) is 10.2 Å². The summed E-state index contributed by atoms with van der Waals surface area (Å²) in [5, 5.41) is 0.